The maximum atomic E-state index is 17.6. The smallest absolute Gasteiger partial charge is 0.374 e. The molecular weight excluding hydrogens is 1020 g/mol. The second kappa shape index (κ2) is 15.8. The van der Waals surface area contributed by atoms with Gasteiger partial charge in [0.15, 0.2) is 0 Å². The van der Waals surface area contributed by atoms with E-state index in [0.29, 0.717) is 12.8 Å². The lowest BCUT2D eigenvalue weighted by Gasteiger charge is -2.85. The van der Waals surface area contributed by atoms with Crippen molar-refractivity contribution in [3.8, 4) is 0 Å². The normalized spacial score (nSPS) is 39.1. The molecule has 9 rings (SSSR count). The third-order valence-electron chi connectivity index (χ3n) is 24.3. The molecule has 0 aromatic rings. The summed E-state index contributed by atoms with van der Waals surface area (Å²) in [6, 6.07) is 0. The molecular formula is C56H93F9N6O6. The predicted octanol–water partition coefficient (Wildman–Crippen LogP) is 9.96. The molecule has 3 saturated heterocycles. The van der Waals surface area contributed by atoms with Crippen molar-refractivity contribution < 1.29 is 70.2 Å². The van der Waals surface area contributed by atoms with Crippen molar-refractivity contribution in [1.29, 1.82) is 0 Å². The van der Waals surface area contributed by atoms with Crippen molar-refractivity contribution in [1.82, 2.24) is 29.4 Å². The van der Waals surface area contributed by atoms with E-state index >= 15 is 39.5 Å². The number of hydrogen-bond acceptors (Lipinski definition) is 12. The lowest BCUT2D eigenvalue weighted by molar-refractivity contribution is -0.504. The fourth-order valence-electron chi connectivity index (χ4n) is 20.1. The summed E-state index contributed by atoms with van der Waals surface area (Å²) >= 11 is 0. The number of piperazine rings is 3. The molecule has 6 saturated carbocycles. The monoisotopic (exact) mass is 1120 g/mol. The van der Waals surface area contributed by atoms with Crippen LogP contribution in [0.5, 0.6) is 0 Å². The van der Waals surface area contributed by atoms with E-state index in [4.69, 9.17) is 0 Å². The zero-order chi connectivity index (χ0) is 58.7. The summed E-state index contributed by atoms with van der Waals surface area (Å²) in [5, 5.41) is 81.6. The number of rotatable bonds is 6. The van der Waals surface area contributed by atoms with E-state index in [-0.39, 0.29) is 89.9 Å². The van der Waals surface area contributed by atoms with E-state index in [0.717, 1.165) is 14.7 Å². The summed E-state index contributed by atoms with van der Waals surface area (Å²) < 4.78 is 153. The summed E-state index contributed by atoms with van der Waals surface area (Å²) in [5.41, 5.74) is -42.3. The van der Waals surface area contributed by atoms with Gasteiger partial charge in [-0.05, 0) is 233 Å². The van der Waals surface area contributed by atoms with Gasteiger partial charge in [-0.3, -0.25) is 19.6 Å². The van der Waals surface area contributed by atoms with Gasteiger partial charge in [0.25, 0.3) is 0 Å². The first kappa shape index (κ1) is 60.5. The first-order chi connectivity index (χ1) is 34.2. The molecule has 3 aliphatic heterocycles. The Morgan fingerprint density at radius 1 is 0.260 bits per heavy atom. The topological polar surface area (TPSA) is 141 Å². The fraction of sp³-hybridized carbons (Fsp3) is 1.00. The van der Waals surface area contributed by atoms with Gasteiger partial charge in [0, 0.05) is 33.2 Å². The quantitative estimate of drug-likeness (QED) is 0.141. The number of hydrogen-bond donors (Lipinski definition) is 6. The first-order valence-corrected chi connectivity index (χ1v) is 28.6. The van der Waals surface area contributed by atoms with Gasteiger partial charge in [-0.15, -0.1) is 0 Å². The summed E-state index contributed by atoms with van der Waals surface area (Å²) in [5.74, 6) is 0. The molecule has 446 valence electrons. The Kier molecular flexibility index (Phi) is 12.4. The van der Waals surface area contributed by atoms with E-state index in [1.54, 1.807) is 41.5 Å². The largest absolute Gasteiger partial charge is 0.433 e. The SMILES string of the molecule is CC(C)(C)N1C2(CCC2)[C@](C)(O)N(C(C)(C)C(C)(C)N2C3(CCC3)[C@](C)(O)N(C(C)(C)C(C)(C)N3C4(CCC4)[C@@](C)(O)N(C(C)(C)C)C4(CCC4)[C@]3(O)C(F)(F)F)C3(CCC3)[C@]2(O)C(F)(F)F)C2(CCC2)[C@@]1(O)C(F)(F)F. The van der Waals surface area contributed by atoms with E-state index in [9.17, 15) is 30.6 Å². The van der Waals surface area contributed by atoms with Gasteiger partial charge >= 0.3 is 18.5 Å². The minimum atomic E-state index is -5.65. The average Bonchev–Trinajstić information content (AvgIpc) is 3.11. The maximum Gasteiger partial charge on any atom is 0.433 e. The molecule has 0 bridgehead atoms. The predicted molar refractivity (Wildman–Crippen MR) is 271 cm³/mol. The molecule has 6 N–H and O–H groups in total. The molecule has 0 radical (unpaired) electrons. The highest BCUT2D eigenvalue weighted by atomic mass is 19.4. The molecule has 21 heteroatoms. The zero-order valence-corrected chi connectivity index (χ0v) is 49.0. The summed E-state index contributed by atoms with van der Waals surface area (Å²) in [7, 11) is 0. The van der Waals surface area contributed by atoms with E-state index in [1.807, 2.05) is 0 Å². The Hall–Kier alpha value is -1.11. The number of nitrogens with zero attached hydrogens (tertiary/aromatic N) is 6. The van der Waals surface area contributed by atoms with E-state index in [2.05, 4.69) is 0 Å². The summed E-state index contributed by atoms with van der Waals surface area (Å²) in [4.78, 5) is 6.76. The zero-order valence-electron chi connectivity index (χ0n) is 49.0. The van der Waals surface area contributed by atoms with Crippen molar-refractivity contribution in [3.05, 3.63) is 0 Å². The molecule has 0 unspecified atom stereocenters. The van der Waals surface area contributed by atoms with E-state index in [1.165, 1.54) is 90.9 Å². The Bertz CT molecular complexity index is 2360. The van der Waals surface area contributed by atoms with Gasteiger partial charge in [0.05, 0.1) is 33.2 Å². The second-order valence-electron chi connectivity index (χ2n) is 30.5. The van der Waals surface area contributed by atoms with Crippen molar-refractivity contribution >= 4 is 0 Å². The molecule has 9 aliphatic rings. The van der Waals surface area contributed by atoms with Crippen LogP contribution >= 0.6 is 0 Å². The Balaban J connectivity index is 1.29. The van der Waals surface area contributed by atoms with Gasteiger partial charge in [-0.1, -0.05) is 0 Å². The highest BCUT2D eigenvalue weighted by molar-refractivity contribution is 5.39. The van der Waals surface area contributed by atoms with Crippen LogP contribution in [0.15, 0.2) is 0 Å². The maximum absolute atomic E-state index is 17.6. The molecule has 6 spiro atoms. The van der Waals surface area contributed by atoms with Gasteiger partial charge in [0.1, 0.15) is 17.2 Å². The number of aliphatic hydroxyl groups is 6. The van der Waals surface area contributed by atoms with E-state index < -0.39 is 132 Å². The van der Waals surface area contributed by atoms with Gasteiger partial charge < -0.3 is 30.6 Å². The first-order valence-electron chi connectivity index (χ1n) is 28.6. The number of halogens is 9. The van der Waals surface area contributed by atoms with Gasteiger partial charge in [0.2, 0.25) is 17.2 Å². The van der Waals surface area contributed by atoms with Crippen molar-refractivity contribution in [2.75, 3.05) is 0 Å². The third kappa shape index (κ3) is 6.17. The van der Waals surface area contributed by atoms with Crippen LogP contribution in [-0.4, -0.2) is 179 Å². The molecule has 12 nitrogen and oxygen atoms in total. The fourth-order valence-corrected chi connectivity index (χ4v) is 20.1. The molecule has 6 atom stereocenters. The van der Waals surface area contributed by atoms with Crippen molar-refractivity contribution in [3.63, 3.8) is 0 Å². The highest BCUT2D eigenvalue weighted by Crippen LogP contribution is 2.76. The Labute approximate surface area is 451 Å². The molecule has 0 amide bonds. The summed E-state index contributed by atoms with van der Waals surface area (Å²) in [6.07, 6.45) is -17.3. The molecule has 3 heterocycles. The summed E-state index contributed by atoms with van der Waals surface area (Å²) in [6.45, 7) is 25.4. The van der Waals surface area contributed by atoms with Crippen LogP contribution in [-0.2, 0) is 0 Å². The van der Waals surface area contributed by atoms with Crippen LogP contribution in [0.25, 0.3) is 0 Å². The molecule has 77 heavy (non-hydrogen) atoms. The van der Waals surface area contributed by atoms with Crippen LogP contribution in [0.3, 0.4) is 0 Å². The van der Waals surface area contributed by atoms with Crippen LogP contribution in [0.4, 0.5) is 39.5 Å². The Morgan fingerprint density at radius 3 is 0.610 bits per heavy atom. The minimum Gasteiger partial charge on any atom is -0.374 e. The average molecular weight is 1120 g/mol. The Morgan fingerprint density at radius 2 is 0.429 bits per heavy atom. The lowest BCUT2D eigenvalue weighted by Crippen LogP contribution is -3.02. The standard InChI is InChI=1S/C56H93F9N6O6/c1-36(2,3)66-42(15,72)46(26-19-27-46)70(52(76,55(60,61)62)48(66)30-21-31-48)40(11,12)39(9,10)69-44(17,74)47(28-20-29-47)71(53(77,56(63,64)65)50(69)34-23-35-50)41(13,14)38(7,8)68-43(16,73)45(24-18-25-45)67(37(4,5)6)51(75,54(57,58)59)49(68)32-22-33-49/h72-77H,18-35H2,1-17H3/t42-,43+,44+,51-,52+,53+/m1/s1. The van der Waals surface area contributed by atoms with Crippen LogP contribution in [0.1, 0.15) is 233 Å². The lowest BCUT2D eigenvalue weighted by atomic mass is 9.50. The molecule has 9 fully saturated rings. The molecule has 6 aliphatic carbocycles. The minimum absolute atomic E-state index is 0.00307. The molecule has 0 aromatic heterocycles. The van der Waals surface area contributed by atoms with Gasteiger partial charge in [-0.25, -0.2) is 9.80 Å². The van der Waals surface area contributed by atoms with Crippen molar-refractivity contribution in [2.45, 2.75) is 353 Å². The second-order valence-corrected chi connectivity index (χ2v) is 30.5. The van der Waals surface area contributed by atoms with Gasteiger partial charge in [-0.2, -0.15) is 39.5 Å². The van der Waals surface area contributed by atoms with Crippen molar-refractivity contribution in [2.24, 2.45) is 0 Å². The highest BCUT2D eigenvalue weighted by Gasteiger charge is 2.92. The van der Waals surface area contributed by atoms with Crippen LogP contribution < -0.4 is 0 Å². The van der Waals surface area contributed by atoms with Crippen LogP contribution in [0.2, 0.25) is 0 Å². The van der Waals surface area contributed by atoms with Crippen LogP contribution in [0, 0.1) is 0 Å². The number of alkyl halides is 9. The third-order valence-corrected chi connectivity index (χ3v) is 24.3. The molecule has 0 aromatic carbocycles.